The Bertz CT molecular complexity index is 884. The number of rotatable bonds is 8. The van der Waals surface area contributed by atoms with Crippen LogP contribution in [0.25, 0.3) is 10.9 Å². The van der Waals surface area contributed by atoms with Gasteiger partial charge in [-0.1, -0.05) is 18.6 Å². The molecule has 134 valence electrons. The summed E-state index contributed by atoms with van der Waals surface area (Å²) in [6.07, 6.45) is 1.96. The maximum atomic E-state index is 12.5. The second-order valence-electron chi connectivity index (χ2n) is 5.82. The summed E-state index contributed by atoms with van der Waals surface area (Å²) < 4.78 is 0.905. The van der Waals surface area contributed by atoms with E-state index in [0.29, 0.717) is 36.7 Å². The second kappa shape index (κ2) is 8.27. The van der Waals surface area contributed by atoms with Gasteiger partial charge in [-0.25, -0.2) is 9.36 Å². The third-order valence-electron chi connectivity index (χ3n) is 3.97. The fourth-order valence-corrected chi connectivity index (χ4v) is 2.58. The van der Waals surface area contributed by atoms with Crippen LogP contribution in [0.1, 0.15) is 38.6 Å². The van der Waals surface area contributed by atoms with E-state index in [2.05, 4.69) is 10.3 Å². The Morgan fingerprint density at radius 2 is 1.92 bits per heavy atom. The minimum absolute atomic E-state index is 0.103. The molecule has 2 aromatic rings. The highest BCUT2D eigenvalue weighted by molar-refractivity contribution is 5.81. The van der Waals surface area contributed by atoms with E-state index in [9.17, 15) is 19.2 Å². The van der Waals surface area contributed by atoms with Gasteiger partial charge in [0.05, 0.1) is 10.9 Å². The standard InChI is InChI=1S/C17H21N3O5/c1-11(15(23)18-10-6-2-3-9-14(21)22)20-16(24)12-7-4-5-8-13(12)19-17(20)25/h4-5,7-8,11H,2-3,6,9-10H2,1H3,(H,18,23)(H,19,25)(H,21,22). The Morgan fingerprint density at radius 1 is 1.20 bits per heavy atom. The van der Waals surface area contributed by atoms with Gasteiger partial charge in [-0.2, -0.15) is 0 Å². The number of carbonyl (C=O) groups is 2. The van der Waals surface area contributed by atoms with Crippen molar-refractivity contribution in [2.75, 3.05) is 6.54 Å². The molecule has 25 heavy (non-hydrogen) atoms. The molecule has 2 rings (SSSR count). The number of fused-ring (bicyclic) bond motifs is 1. The van der Waals surface area contributed by atoms with Crippen molar-refractivity contribution in [3.8, 4) is 0 Å². The Balaban J connectivity index is 2.02. The lowest BCUT2D eigenvalue weighted by molar-refractivity contribution is -0.137. The van der Waals surface area contributed by atoms with Crippen molar-refractivity contribution >= 4 is 22.8 Å². The summed E-state index contributed by atoms with van der Waals surface area (Å²) in [5.41, 5.74) is -0.712. The minimum Gasteiger partial charge on any atom is -0.481 e. The lowest BCUT2D eigenvalue weighted by atomic mass is 10.2. The number of hydrogen-bond acceptors (Lipinski definition) is 4. The van der Waals surface area contributed by atoms with E-state index in [0.717, 1.165) is 4.57 Å². The third-order valence-corrected chi connectivity index (χ3v) is 3.97. The molecule has 8 nitrogen and oxygen atoms in total. The average Bonchev–Trinajstić information content (AvgIpc) is 2.57. The zero-order chi connectivity index (χ0) is 18.4. The smallest absolute Gasteiger partial charge is 0.329 e. The molecule has 1 heterocycles. The number of nitrogens with zero attached hydrogens (tertiary/aromatic N) is 1. The number of para-hydroxylation sites is 1. The molecule has 0 saturated carbocycles. The number of aromatic nitrogens is 2. The SMILES string of the molecule is CC(C(=O)NCCCCCC(=O)O)n1c(=O)[nH]c2ccccc2c1=O. The molecule has 1 amide bonds. The number of benzene rings is 1. The van der Waals surface area contributed by atoms with Gasteiger partial charge in [0.2, 0.25) is 5.91 Å². The van der Waals surface area contributed by atoms with Crippen molar-refractivity contribution in [2.45, 2.75) is 38.6 Å². The average molecular weight is 347 g/mol. The van der Waals surface area contributed by atoms with Gasteiger partial charge in [0, 0.05) is 13.0 Å². The highest BCUT2D eigenvalue weighted by Crippen LogP contribution is 2.06. The first-order chi connectivity index (χ1) is 11.9. The molecule has 8 heteroatoms. The molecule has 1 atom stereocenters. The van der Waals surface area contributed by atoms with Crippen molar-refractivity contribution < 1.29 is 14.7 Å². The number of amides is 1. The fourth-order valence-electron chi connectivity index (χ4n) is 2.58. The van der Waals surface area contributed by atoms with Crippen LogP contribution in [0.15, 0.2) is 33.9 Å². The first-order valence-corrected chi connectivity index (χ1v) is 8.15. The quantitative estimate of drug-likeness (QED) is 0.615. The Morgan fingerprint density at radius 3 is 2.64 bits per heavy atom. The fraction of sp³-hybridized carbons (Fsp3) is 0.412. The number of aliphatic carboxylic acids is 1. The van der Waals surface area contributed by atoms with Gasteiger partial charge < -0.3 is 15.4 Å². The zero-order valence-corrected chi connectivity index (χ0v) is 13.9. The number of H-pyrrole nitrogens is 1. The molecule has 3 N–H and O–H groups in total. The van der Waals surface area contributed by atoms with Crippen LogP contribution in [0.3, 0.4) is 0 Å². The Hall–Kier alpha value is -2.90. The summed E-state index contributed by atoms with van der Waals surface area (Å²) in [6.45, 7) is 1.86. The number of hydrogen-bond donors (Lipinski definition) is 3. The van der Waals surface area contributed by atoms with E-state index in [1.807, 2.05) is 0 Å². The molecule has 1 aromatic carbocycles. The number of unbranched alkanes of at least 4 members (excludes halogenated alkanes) is 2. The highest BCUT2D eigenvalue weighted by Gasteiger charge is 2.19. The summed E-state index contributed by atoms with van der Waals surface area (Å²) in [4.78, 5) is 49.8. The molecule has 0 fully saturated rings. The van der Waals surface area contributed by atoms with E-state index in [1.165, 1.54) is 6.92 Å². The van der Waals surface area contributed by atoms with Crippen LogP contribution in [0.4, 0.5) is 0 Å². The lowest BCUT2D eigenvalue weighted by Crippen LogP contribution is -2.43. The molecule has 1 aromatic heterocycles. The van der Waals surface area contributed by atoms with Crippen LogP contribution in [-0.4, -0.2) is 33.1 Å². The van der Waals surface area contributed by atoms with E-state index in [4.69, 9.17) is 5.11 Å². The zero-order valence-electron chi connectivity index (χ0n) is 13.9. The number of carbonyl (C=O) groups excluding carboxylic acids is 1. The van der Waals surface area contributed by atoms with E-state index >= 15 is 0 Å². The molecule has 0 bridgehead atoms. The summed E-state index contributed by atoms with van der Waals surface area (Å²) in [6, 6.07) is 5.68. The summed E-state index contributed by atoms with van der Waals surface area (Å²) >= 11 is 0. The second-order valence-corrected chi connectivity index (χ2v) is 5.82. The number of aromatic amines is 1. The van der Waals surface area contributed by atoms with Crippen molar-refractivity contribution in [1.82, 2.24) is 14.9 Å². The van der Waals surface area contributed by atoms with Gasteiger partial charge in [0.25, 0.3) is 5.56 Å². The molecule has 0 radical (unpaired) electrons. The first-order valence-electron chi connectivity index (χ1n) is 8.15. The van der Waals surface area contributed by atoms with E-state index < -0.39 is 29.2 Å². The van der Waals surface area contributed by atoms with Gasteiger partial charge in [0.1, 0.15) is 6.04 Å². The number of carboxylic acid groups (broad SMARTS) is 1. The van der Waals surface area contributed by atoms with Gasteiger partial charge in [-0.3, -0.25) is 14.4 Å². The van der Waals surface area contributed by atoms with E-state index in [-0.39, 0.29) is 6.42 Å². The molecular formula is C17H21N3O5. The first kappa shape index (κ1) is 18.4. The van der Waals surface area contributed by atoms with E-state index in [1.54, 1.807) is 24.3 Å². The molecular weight excluding hydrogens is 326 g/mol. The maximum Gasteiger partial charge on any atom is 0.329 e. The van der Waals surface area contributed by atoms with Gasteiger partial charge in [-0.05, 0) is 31.9 Å². The topological polar surface area (TPSA) is 121 Å². The van der Waals surface area contributed by atoms with Crippen molar-refractivity contribution in [2.24, 2.45) is 0 Å². The van der Waals surface area contributed by atoms with Gasteiger partial charge >= 0.3 is 11.7 Å². The van der Waals surface area contributed by atoms with Crippen LogP contribution >= 0.6 is 0 Å². The lowest BCUT2D eigenvalue weighted by Gasteiger charge is -2.14. The van der Waals surface area contributed by atoms with Crippen LogP contribution in [0.5, 0.6) is 0 Å². The predicted molar refractivity (Wildman–Crippen MR) is 92.7 cm³/mol. The van der Waals surface area contributed by atoms with Crippen LogP contribution in [0.2, 0.25) is 0 Å². The number of carboxylic acids is 1. The monoisotopic (exact) mass is 347 g/mol. The van der Waals surface area contributed by atoms with Crippen LogP contribution in [-0.2, 0) is 9.59 Å². The molecule has 0 aliphatic carbocycles. The third kappa shape index (κ3) is 4.56. The Kier molecular flexibility index (Phi) is 6.10. The van der Waals surface area contributed by atoms with Gasteiger partial charge in [-0.15, -0.1) is 0 Å². The van der Waals surface area contributed by atoms with Crippen molar-refractivity contribution in [3.63, 3.8) is 0 Å². The summed E-state index contributed by atoms with van der Waals surface area (Å²) in [5.74, 6) is -1.27. The Labute approximate surface area is 143 Å². The molecule has 1 unspecified atom stereocenters. The summed E-state index contributed by atoms with van der Waals surface area (Å²) in [7, 11) is 0. The molecule has 0 aliphatic rings. The maximum absolute atomic E-state index is 12.5. The van der Waals surface area contributed by atoms with Gasteiger partial charge in [0.15, 0.2) is 0 Å². The van der Waals surface area contributed by atoms with Crippen molar-refractivity contribution in [3.05, 3.63) is 45.1 Å². The normalized spacial score (nSPS) is 12.0. The van der Waals surface area contributed by atoms with Crippen LogP contribution < -0.4 is 16.6 Å². The largest absolute Gasteiger partial charge is 0.481 e. The van der Waals surface area contributed by atoms with Crippen molar-refractivity contribution in [1.29, 1.82) is 0 Å². The number of nitrogens with one attached hydrogen (secondary N) is 2. The minimum atomic E-state index is -0.945. The van der Waals surface area contributed by atoms with Crippen LogP contribution in [0, 0.1) is 0 Å². The molecule has 0 aliphatic heterocycles. The molecule has 0 saturated heterocycles. The predicted octanol–water partition coefficient (Wildman–Crippen LogP) is 1.01. The molecule has 0 spiro atoms. The highest BCUT2D eigenvalue weighted by atomic mass is 16.4. The summed E-state index contributed by atoms with van der Waals surface area (Å²) in [5, 5.41) is 11.6.